The van der Waals surface area contributed by atoms with Gasteiger partial charge in [0.25, 0.3) is 0 Å². The summed E-state index contributed by atoms with van der Waals surface area (Å²) < 4.78 is 10.8. The Balaban J connectivity index is 1.31. The lowest BCUT2D eigenvalue weighted by molar-refractivity contribution is 0.0466. The third-order valence-corrected chi connectivity index (χ3v) is 5.32. The van der Waals surface area contributed by atoms with Crippen LogP contribution in [-0.2, 0) is 4.74 Å². The van der Waals surface area contributed by atoms with E-state index in [1.165, 1.54) is 0 Å². The number of nitrogens with one attached hydrogen (secondary N) is 2. The normalized spacial score (nSPS) is 30.6. The number of hydrogen-bond donors (Lipinski definition) is 2. The van der Waals surface area contributed by atoms with E-state index >= 15 is 0 Å². The maximum Gasteiger partial charge on any atom is 0.407 e. The molecule has 0 spiro atoms. The summed E-state index contributed by atoms with van der Waals surface area (Å²) in [5.74, 6) is 1.09. The Kier molecular flexibility index (Phi) is 4.08. The fraction of sp³-hybridized carbons (Fsp3) is 0.722. The second-order valence-corrected chi connectivity index (χ2v) is 8.56. The Hall–Kier alpha value is -2.25. The fourth-order valence-corrected chi connectivity index (χ4v) is 3.97. The summed E-state index contributed by atoms with van der Waals surface area (Å²) in [6.45, 7) is 6.29. The van der Waals surface area contributed by atoms with Gasteiger partial charge in [-0.2, -0.15) is 0 Å². The van der Waals surface area contributed by atoms with Crippen molar-refractivity contribution in [1.29, 1.82) is 0 Å². The van der Waals surface area contributed by atoms with E-state index in [0.29, 0.717) is 0 Å². The van der Waals surface area contributed by atoms with E-state index in [9.17, 15) is 9.59 Å². The third-order valence-electron chi connectivity index (χ3n) is 5.32. The zero-order chi connectivity index (χ0) is 18.5. The summed E-state index contributed by atoms with van der Waals surface area (Å²) in [6, 6.07) is 2.35. The Morgan fingerprint density at radius 2 is 2.15 bits per heavy atom. The van der Waals surface area contributed by atoms with Gasteiger partial charge < -0.3 is 24.8 Å². The Morgan fingerprint density at radius 1 is 1.38 bits per heavy atom. The molecule has 2 atom stereocenters. The van der Waals surface area contributed by atoms with Crippen LogP contribution in [0.25, 0.3) is 0 Å². The van der Waals surface area contributed by atoms with Crippen molar-refractivity contribution in [2.75, 3.05) is 6.54 Å². The summed E-state index contributed by atoms with van der Waals surface area (Å²) >= 11 is 0. The second kappa shape index (κ2) is 6.17. The van der Waals surface area contributed by atoms with Crippen molar-refractivity contribution in [3.8, 4) is 0 Å². The predicted molar refractivity (Wildman–Crippen MR) is 92.6 cm³/mol. The van der Waals surface area contributed by atoms with Crippen LogP contribution in [0.3, 0.4) is 0 Å². The molecule has 26 heavy (non-hydrogen) atoms. The van der Waals surface area contributed by atoms with Gasteiger partial charge in [0.05, 0.1) is 6.04 Å². The van der Waals surface area contributed by atoms with Gasteiger partial charge in [0.1, 0.15) is 17.1 Å². The number of piperidine rings is 1. The van der Waals surface area contributed by atoms with Gasteiger partial charge in [0, 0.05) is 30.6 Å². The Morgan fingerprint density at radius 3 is 2.88 bits per heavy atom. The maximum atomic E-state index is 12.0. The van der Waals surface area contributed by atoms with Gasteiger partial charge in [-0.05, 0) is 46.5 Å². The molecule has 1 aromatic heterocycles. The molecule has 0 radical (unpaired) electrons. The van der Waals surface area contributed by atoms with E-state index in [2.05, 4.69) is 15.8 Å². The molecule has 2 aliphatic heterocycles. The van der Waals surface area contributed by atoms with Crippen LogP contribution in [-0.4, -0.2) is 46.4 Å². The summed E-state index contributed by atoms with van der Waals surface area (Å²) in [4.78, 5) is 25.7. The molecular formula is C18H26N4O4. The van der Waals surface area contributed by atoms with Crippen LogP contribution in [0.5, 0.6) is 0 Å². The number of hydrogen-bond acceptors (Lipinski definition) is 5. The lowest BCUT2D eigenvalue weighted by atomic mass is 9.78. The molecule has 4 rings (SSSR count). The lowest BCUT2D eigenvalue weighted by Crippen LogP contribution is -2.45. The highest BCUT2D eigenvalue weighted by molar-refractivity contribution is 5.77. The molecule has 1 saturated carbocycles. The van der Waals surface area contributed by atoms with Crippen molar-refractivity contribution in [3.05, 3.63) is 17.5 Å². The SMILES string of the molecule is CC(C)(C)OC(=O)N[C@H]1C[C@@H](c2cc([C@@H]3CC[C@H]4CN3C(=O)N4)no2)C1. The largest absolute Gasteiger partial charge is 0.444 e. The van der Waals surface area contributed by atoms with Gasteiger partial charge in [-0.15, -0.1) is 0 Å². The van der Waals surface area contributed by atoms with E-state index in [1.54, 1.807) is 0 Å². The number of carbonyl (C=O) groups is 2. The van der Waals surface area contributed by atoms with Gasteiger partial charge in [-0.1, -0.05) is 5.16 Å². The van der Waals surface area contributed by atoms with Crippen LogP contribution in [0.2, 0.25) is 0 Å². The molecule has 3 heterocycles. The summed E-state index contributed by atoms with van der Waals surface area (Å²) in [6.07, 6.45) is 3.12. The first kappa shape index (κ1) is 17.2. The van der Waals surface area contributed by atoms with Crippen LogP contribution in [0.1, 0.15) is 69.9 Å². The fourth-order valence-electron chi connectivity index (χ4n) is 3.97. The average molecular weight is 362 g/mol. The number of fused-ring (bicyclic) bond motifs is 2. The zero-order valence-corrected chi connectivity index (χ0v) is 15.4. The predicted octanol–water partition coefficient (Wildman–Crippen LogP) is 2.67. The monoisotopic (exact) mass is 362 g/mol. The minimum Gasteiger partial charge on any atom is -0.444 e. The number of nitrogens with zero attached hydrogens (tertiary/aromatic N) is 2. The van der Waals surface area contributed by atoms with Crippen molar-refractivity contribution in [2.45, 2.75) is 76.1 Å². The Labute approximate surface area is 152 Å². The number of carbonyl (C=O) groups excluding carboxylic acids is 2. The van der Waals surface area contributed by atoms with Gasteiger partial charge in [0.15, 0.2) is 0 Å². The first-order valence-corrected chi connectivity index (χ1v) is 9.31. The topological polar surface area (TPSA) is 96.7 Å². The van der Waals surface area contributed by atoms with Gasteiger partial charge in [-0.3, -0.25) is 0 Å². The highest BCUT2D eigenvalue weighted by Crippen LogP contribution is 2.40. The van der Waals surface area contributed by atoms with Gasteiger partial charge in [0.2, 0.25) is 0 Å². The van der Waals surface area contributed by atoms with Gasteiger partial charge in [-0.25, -0.2) is 9.59 Å². The highest BCUT2D eigenvalue weighted by Gasteiger charge is 2.41. The number of amides is 3. The second-order valence-electron chi connectivity index (χ2n) is 8.56. The molecule has 2 saturated heterocycles. The summed E-state index contributed by atoms with van der Waals surface area (Å²) in [5, 5.41) is 10.1. The molecule has 1 aromatic rings. The maximum absolute atomic E-state index is 12.0. The van der Waals surface area contributed by atoms with Crippen LogP contribution >= 0.6 is 0 Å². The van der Waals surface area contributed by atoms with Crippen molar-refractivity contribution in [1.82, 2.24) is 20.7 Å². The van der Waals surface area contributed by atoms with Crippen LogP contribution in [0.15, 0.2) is 10.6 Å². The molecule has 2 bridgehead atoms. The molecule has 8 nitrogen and oxygen atoms in total. The number of alkyl carbamates (subject to hydrolysis) is 1. The van der Waals surface area contributed by atoms with Crippen molar-refractivity contribution >= 4 is 12.1 Å². The van der Waals surface area contributed by atoms with E-state index in [0.717, 1.165) is 43.7 Å². The van der Waals surface area contributed by atoms with Crippen molar-refractivity contribution < 1.29 is 18.8 Å². The minimum atomic E-state index is -0.492. The summed E-state index contributed by atoms with van der Waals surface area (Å²) in [5.41, 5.74) is 0.340. The van der Waals surface area contributed by atoms with Crippen LogP contribution in [0, 0.1) is 0 Å². The molecule has 0 unspecified atom stereocenters. The van der Waals surface area contributed by atoms with Gasteiger partial charge >= 0.3 is 12.1 Å². The van der Waals surface area contributed by atoms with Crippen molar-refractivity contribution in [3.63, 3.8) is 0 Å². The first-order chi connectivity index (χ1) is 12.3. The molecule has 0 aromatic carbocycles. The van der Waals surface area contributed by atoms with Crippen LogP contribution in [0.4, 0.5) is 9.59 Å². The zero-order valence-electron chi connectivity index (χ0n) is 15.4. The molecule has 8 heteroatoms. The Bertz CT molecular complexity index is 704. The quantitative estimate of drug-likeness (QED) is 0.862. The number of ether oxygens (including phenoxy) is 1. The molecule has 2 N–H and O–H groups in total. The molecule has 3 aliphatic rings. The highest BCUT2D eigenvalue weighted by atomic mass is 16.6. The molecule has 3 fully saturated rings. The van der Waals surface area contributed by atoms with E-state index in [4.69, 9.17) is 9.26 Å². The smallest absolute Gasteiger partial charge is 0.407 e. The number of urea groups is 1. The van der Waals surface area contributed by atoms with E-state index < -0.39 is 5.60 Å². The van der Waals surface area contributed by atoms with E-state index in [-0.39, 0.29) is 36.2 Å². The average Bonchev–Trinajstić information content (AvgIpc) is 3.07. The first-order valence-electron chi connectivity index (χ1n) is 9.31. The third kappa shape index (κ3) is 3.37. The van der Waals surface area contributed by atoms with Crippen molar-refractivity contribution in [2.24, 2.45) is 0 Å². The van der Waals surface area contributed by atoms with Crippen LogP contribution < -0.4 is 10.6 Å². The molecule has 3 amide bonds. The molecule has 1 aliphatic carbocycles. The number of rotatable bonds is 3. The lowest BCUT2D eigenvalue weighted by Gasteiger charge is -2.34. The molecular weight excluding hydrogens is 336 g/mol. The molecule has 142 valence electrons. The standard InChI is InChI=1S/C18H26N4O4/c1-18(2,3)25-17(24)20-12-6-10(7-12)15-8-13(21-26-15)14-5-4-11-9-22(14)16(23)19-11/h8,10-12,14H,4-7,9H2,1-3H3,(H,19,23)(H,20,24)/t10-,11-,12+,14-/m0/s1. The summed E-state index contributed by atoms with van der Waals surface area (Å²) in [7, 11) is 0. The minimum absolute atomic E-state index is 0.00186. The number of aromatic nitrogens is 1. The van der Waals surface area contributed by atoms with E-state index in [1.807, 2.05) is 31.7 Å².